The maximum absolute atomic E-state index is 12.9. The lowest BCUT2D eigenvalue weighted by Gasteiger charge is -2.15. The maximum atomic E-state index is 12.9. The van der Waals surface area contributed by atoms with E-state index in [-0.39, 0.29) is 5.91 Å². The highest BCUT2D eigenvalue weighted by atomic mass is 32.1. The van der Waals surface area contributed by atoms with E-state index in [1.807, 2.05) is 35.7 Å². The van der Waals surface area contributed by atoms with Gasteiger partial charge in [-0.1, -0.05) is 6.07 Å². The summed E-state index contributed by atoms with van der Waals surface area (Å²) in [6.07, 6.45) is 3.70. The molecule has 11 heteroatoms. The number of methoxy groups -OCH3 is 4. The Morgan fingerprint density at radius 2 is 1.75 bits per heavy atom. The summed E-state index contributed by atoms with van der Waals surface area (Å²) in [5.74, 6) is 1.89. The zero-order valence-corrected chi connectivity index (χ0v) is 21.3. The Balaban J connectivity index is 1.67. The molecule has 0 spiro atoms. The molecule has 0 radical (unpaired) electrons. The summed E-state index contributed by atoms with van der Waals surface area (Å²) in [4.78, 5) is 19.9. The van der Waals surface area contributed by atoms with Crippen molar-refractivity contribution in [2.75, 3.05) is 33.8 Å². The average Bonchev–Trinajstić information content (AvgIpc) is 3.60. The third-order valence-electron chi connectivity index (χ3n) is 5.67. The number of imidazole rings is 1. The summed E-state index contributed by atoms with van der Waals surface area (Å²) in [7, 11) is 6.27. The zero-order valence-electron chi connectivity index (χ0n) is 20.5. The van der Waals surface area contributed by atoms with E-state index in [1.54, 1.807) is 41.0 Å². The molecule has 4 rings (SSSR count). The molecule has 2 aromatic heterocycles. The topological polar surface area (TPSA) is 135 Å². The van der Waals surface area contributed by atoms with Crippen LogP contribution in [0, 0.1) is 0 Å². The number of carbonyl (C=O) groups is 1. The van der Waals surface area contributed by atoms with E-state index >= 15 is 0 Å². The predicted molar refractivity (Wildman–Crippen MR) is 137 cm³/mol. The molecule has 0 saturated heterocycles. The molecule has 0 unspecified atom stereocenters. The number of hydrogen-bond donors (Lipinski definition) is 3. The third kappa shape index (κ3) is 5.11. The van der Waals surface area contributed by atoms with Gasteiger partial charge in [0.25, 0.3) is 5.91 Å². The summed E-state index contributed by atoms with van der Waals surface area (Å²) in [5, 5.41) is 4.91. The Morgan fingerprint density at radius 1 is 1.03 bits per heavy atom. The number of aromatic amines is 1. The number of hydrogen-bond acceptors (Lipinski definition) is 8. The molecule has 5 N–H and O–H groups in total. The molecule has 2 heterocycles. The standard InChI is InChI=1S/C25H27N5O5S/c1-32-20-6-5-14(7-19(20)29-25(31)18(26)10-16-11-27-13-28-16)17-12-36-30-23(17)15-8-21(33-2)24(35-4)22(9-15)34-3/h5-9,11-13,18H,10,26H2,1-4H3,(H,27,28)(H,29,31)/p+1/t18-/m1/s1. The second-order valence-electron chi connectivity index (χ2n) is 7.87. The Kier molecular flexibility index (Phi) is 7.71. The molecule has 0 bridgehead atoms. The zero-order chi connectivity index (χ0) is 25.7. The van der Waals surface area contributed by atoms with E-state index < -0.39 is 6.04 Å². The van der Waals surface area contributed by atoms with E-state index in [2.05, 4.69) is 25.4 Å². The molecule has 0 saturated carbocycles. The lowest BCUT2D eigenvalue weighted by atomic mass is 10.0. The lowest BCUT2D eigenvalue weighted by molar-refractivity contribution is -0.402. The molecule has 0 fully saturated rings. The van der Waals surface area contributed by atoms with Gasteiger partial charge in [0.05, 0.1) is 52.6 Å². The van der Waals surface area contributed by atoms with Gasteiger partial charge < -0.3 is 35.0 Å². The van der Waals surface area contributed by atoms with Crippen molar-refractivity contribution < 1.29 is 29.5 Å². The number of benzene rings is 2. The number of amides is 1. The monoisotopic (exact) mass is 510 g/mol. The third-order valence-corrected chi connectivity index (χ3v) is 6.30. The van der Waals surface area contributed by atoms with Crippen molar-refractivity contribution in [3.8, 4) is 45.4 Å². The van der Waals surface area contributed by atoms with Gasteiger partial charge in [-0.15, -0.1) is 0 Å². The fourth-order valence-corrected chi connectivity index (χ4v) is 4.54. The number of anilines is 1. The van der Waals surface area contributed by atoms with Gasteiger partial charge in [-0.3, -0.25) is 4.79 Å². The largest absolute Gasteiger partial charge is 0.495 e. The molecule has 10 nitrogen and oxygen atoms in total. The van der Waals surface area contributed by atoms with Crippen LogP contribution in [0.2, 0.25) is 0 Å². The molecule has 2 aromatic carbocycles. The van der Waals surface area contributed by atoms with Crippen LogP contribution < -0.4 is 30.0 Å². The van der Waals surface area contributed by atoms with E-state index in [4.69, 9.17) is 18.9 Å². The van der Waals surface area contributed by atoms with Crippen LogP contribution in [0.15, 0.2) is 48.2 Å². The van der Waals surface area contributed by atoms with Gasteiger partial charge in [-0.25, -0.2) is 4.98 Å². The van der Waals surface area contributed by atoms with Crippen LogP contribution in [0.4, 0.5) is 5.69 Å². The molecule has 0 aliphatic carbocycles. The Bertz CT molecular complexity index is 1310. The molecule has 1 amide bonds. The van der Waals surface area contributed by atoms with E-state index in [9.17, 15) is 4.79 Å². The molecule has 188 valence electrons. The van der Waals surface area contributed by atoms with Crippen molar-refractivity contribution in [3.63, 3.8) is 0 Å². The molecular weight excluding hydrogens is 482 g/mol. The smallest absolute Gasteiger partial charge is 0.283 e. The summed E-state index contributed by atoms with van der Waals surface area (Å²) in [6.45, 7) is 0. The van der Waals surface area contributed by atoms with Crippen molar-refractivity contribution in [3.05, 3.63) is 53.9 Å². The molecule has 0 aliphatic rings. The summed E-state index contributed by atoms with van der Waals surface area (Å²) in [5.41, 5.74) is 8.67. The number of aromatic nitrogens is 3. The Labute approximate surface area is 212 Å². The Hall–Kier alpha value is -4.09. The first-order chi connectivity index (χ1) is 17.5. The van der Waals surface area contributed by atoms with Crippen molar-refractivity contribution >= 4 is 23.1 Å². The number of nitrogens with zero attached hydrogens (tertiary/aromatic N) is 2. The molecule has 36 heavy (non-hydrogen) atoms. The minimum Gasteiger partial charge on any atom is -0.495 e. The second kappa shape index (κ2) is 11.1. The van der Waals surface area contributed by atoms with Crippen LogP contribution in [0.1, 0.15) is 5.69 Å². The number of nitrogens with one attached hydrogen (secondary N) is 2. The normalized spacial score (nSPS) is 11.6. The summed E-state index contributed by atoms with van der Waals surface area (Å²) < 4.78 is 26.6. The van der Waals surface area contributed by atoms with Gasteiger partial charge in [0.15, 0.2) is 17.5 Å². The van der Waals surface area contributed by atoms with Gasteiger partial charge in [0.1, 0.15) is 5.75 Å². The van der Waals surface area contributed by atoms with Crippen molar-refractivity contribution in [2.24, 2.45) is 0 Å². The maximum Gasteiger partial charge on any atom is 0.283 e. The first-order valence-corrected chi connectivity index (χ1v) is 11.9. The number of ether oxygens (including phenoxy) is 4. The van der Waals surface area contributed by atoms with Gasteiger partial charge in [-0.2, -0.15) is 4.37 Å². The van der Waals surface area contributed by atoms with Crippen LogP contribution >= 0.6 is 11.5 Å². The number of carbonyl (C=O) groups excluding carboxylic acids is 1. The van der Waals surface area contributed by atoms with Gasteiger partial charge in [-0.05, 0) is 41.4 Å². The van der Waals surface area contributed by atoms with Crippen LogP contribution in [0.3, 0.4) is 0 Å². The minimum absolute atomic E-state index is 0.228. The SMILES string of the molecule is COc1ccc(-c2csnc2-c2cc(OC)c(OC)c(OC)c2)cc1NC(=O)[C@H]([NH3+])Cc1cnc[nH]1. The van der Waals surface area contributed by atoms with Crippen molar-refractivity contribution in [1.82, 2.24) is 14.3 Å². The van der Waals surface area contributed by atoms with Crippen LogP contribution in [0.25, 0.3) is 22.4 Å². The first kappa shape index (κ1) is 25.0. The lowest BCUT2D eigenvalue weighted by Crippen LogP contribution is -2.67. The van der Waals surface area contributed by atoms with E-state index in [0.29, 0.717) is 35.1 Å². The number of quaternary nitrogens is 1. The van der Waals surface area contributed by atoms with E-state index in [0.717, 1.165) is 28.1 Å². The average molecular weight is 511 g/mol. The van der Waals surface area contributed by atoms with Crippen LogP contribution in [-0.2, 0) is 11.2 Å². The van der Waals surface area contributed by atoms with Crippen molar-refractivity contribution in [1.29, 1.82) is 0 Å². The van der Waals surface area contributed by atoms with Crippen LogP contribution in [0.5, 0.6) is 23.0 Å². The van der Waals surface area contributed by atoms with Gasteiger partial charge in [0, 0.05) is 28.4 Å². The number of rotatable bonds is 10. The fraction of sp³-hybridized carbons (Fsp3) is 0.240. The fourth-order valence-electron chi connectivity index (χ4n) is 3.83. The van der Waals surface area contributed by atoms with E-state index in [1.165, 1.54) is 11.5 Å². The summed E-state index contributed by atoms with van der Waals surface area (Å²) >= 11 is 1.33. The summed E-state index contributed by atoms with van der Waals surface area (Å²) in [6, 6.07) is 8.80. The highest BCUT2D eigenvalue weighted by molar-refractivity contribution is 7.04. The van der Waals surface area contributed by atoms with Crippen LogP contribution in [-0.4, -0.2) is 54.7 Å². The molecular formula is C25H28N5O5S+. The first-order valence-electron chi connectivity index (χ1n) is 11.0. The quantitative estimate of drug-likeness (QED) is 0.298. The molecule has 1 atom stereocenters. The molecule has 4 aromatic rings. The highest BCUT2D eigenvalue weighted by Gasteiger charge is 2.22. The number of H-pyrrole nitrogens is 1. The molecule has 0 aliphatic heterocycles. The predicted octanol–water partition coefficient (Wildman–Crippen LogP) is 3.03. The van der Waals surface area contributed by atoms with Gasteiger partial charge in [0.2, 0.25) is 5.75 Å². The Morgan fingerprint density at radius 3 is 2.36 bits per heavy atom. The minimum atomic E-state index is -0.517. The van der Waals surface area contributed by atoms with Gasteiger partial charge >= 0.3 is 0 Å². The van der Waals surface area contributed by atoms with Crippen molar-refractivity contribution in [2.45, 2.75) is 12.5 Å². The highest BCUT2D eigenvalue weighted by Crippen LogP contribution is 2.44. The second-order valence-corrected chi connectivity index (χ2v) is 8.50.